The van der Waals surface area contributed by atoms with Crippen molar-refractivity contribution in [1.82, 2.24) is 19.7 Å². The second-order valence-electron chi connectivity index (χ2n) is 3.81. The van der Waals surface area contributed by atoms with E-state index in [1.54, 1.807) is 25.2 Å². The van der Waals surface area contributed by atoms with Gasteiger partial charge in [0.25, 0.3) is 0 Å². The Kier molecular flexibility index (Phi) is 2.12. The number of nitrogens with two attached hydrogens (primary N) is 1. The summed E-state index contributed by atoms with van der Waals surface area (Å²) < 4.78 is 6.47. The lowest BCUT2D eigenvalue weighted by molar-refractivity contribution is 0.528. The zero-order chi connectivity index (χ0) is 12.7. The van der Waals surface area contributed by atoms with E-state index in [1.165, 1.54) is 10.8 Å². The van der Waals surface area contributed by atoms with Crippen LogP contribution in [0.4, 0.5) is 5.95 Å². The third kappa shape index (κ3) is 1.53. The fraction of sp³-hybridized carbons (Fsp3) is 0.0909. The molecular formula is C11H9N5O2. The summed E-state index contributed by atoms with van der Waals surface area (Å²) in [4.78, 5) is 15.2. The molecule has 18 heavy (non-hydrogen) atoms. The van der Waals surface area contributed by atoms with Gasteiger partial charge in [0.2, 0.25) is 5.95 Å². The summed E-state index contributed by atoms with van der Waals surface area (Å²) in [6.45, 7) is 0. The molecule has 90 valence electrons. The summed E-state index contributed by atoms with van der Waals surface area (Å²) in [6, 6.07) is 5.29. The molecule has 2 aromatic heterocycles. The number of anilines is 1. The molecule has 3 aromatic rings. The zero-order valence-corrected chi connectivity index (χ0v) is 9.49. The van der Waals surface area contributed by atoms with Crippen molar-refractivity contribution in [2.24, 2.45) is 7.05 Å². The molecule has 7 heteroatoms. The largest absolute Gasteiger partial charge is 0.419 e. The van der Waals surface area contributed by atoms with Gasteiger partial charge in [0.1, 0.15) is 5.69 Å². The monoisotopic (exact) mass is 243 g/mol. The number of fused-ring (bicyclic) bond motifs is 1. The number of aromatic nitrogens is 4. The number of rotatable bonds is 1. The first-order chi connectivity index (χ1) is 8.65. The standard InChI is InChI=1S/C11H9N5O2/c1-16-8-4-6(2-3-9(8)18-11(16)17)7-5-13-10(12)15-14-7/h2-5H,1H3,(H2,12,13,15). The molecule has 3 rings (SSSR count). The van der Waals surface area contributed by atoms with Gasteiger partial charge < -0.3 is 10.2 Å². The molecule has 1 aromatic carbocycles. The van der Waals surface area contributed by atoms with E-state index in [9.17, 15) is 4.79 Å². The van der Waals surface area contributed by atoms with E-state index < -0.39 is 5.76 Å². The average Bonchev–Trinajstić information content (AvgIpc) is 2.66. The van der Waals surface area contributed by atoms with Crippen LogP contribution in [-0.4, -0.2) is 19.7 Å². The van der Waals surface area contributed by atoms with Crippen LogP contribution in [0.25, 0.3) is 22.4 Å². The van der Waals surface area contributed by atoms with Gasteiger partial charge in [-0.2, -0.15) is 0 Å². The molecule has 0 radical (unpaired) electrons. The van der Waals surface area contributed by atoms with Crippen LogP contribution in [0.1, 0.15) is 0 Å². The van der Waals surface area contributed by atoms with Gasteiger partial charge in [-0.3, -0.25) is 4.57 Å². The molecule has 0 saturated heterocycles. The number of hydrogen-bond acceptors (Lipinski definition) is 6. The van der Waals surface area contributed by atoms with Crippen LogP contribution < -0.4 is 11.5 Å². The molecule has 0 aliphatic heterocycles. The molecule has 0 saturated carbocycles. The molecule has 0 unspecified atom stereocenters. The summed E-state index contributed by atoms with van der Waals surface area (Å²) in [7, 11) is 1.64. The highest BCUT2D eigenvalue weighted by atomic mass is 16.4. The van der Waals surface area contributed by atoms with Crippen molar-refractivity contribution in [1.29, 1.82) is 0 Å². The smallest absolute Gasteiger partial charge is 0.408 e. The Bertz CT molecular complexity index is 772. The second kappa shape index (κ2) is 3.66. The maximum Gasteiger partial charge on any atom is 0.419 e. The number of nitrogen functional groups attached to an aromatic ring is 1. The van der Waals surface area contributed by atoms with E-state index in [0.717, 1.165) is 5.56 Å². The first-order valence-electron chi connectivity index (χ1n) is 5.20. The maximum atomic E-state index is 11.4. The van der Waals surface area contributed by atoms with E-state index in [4.69, 9.17) is 10.2 Å². The van der Waals surface area contributed by atoms with Crippen LogP contribution in [0, 0.1) is 0 Å². The second-order valence-corrected chi connectivity index (χ2v) is 3.81. The maximum absolute atomic E-state index is 11.4. The molecule has 0 amide bonds. The predicted molar refractivity (Wildman–Crippen MR) is 64.7 cm³/mol. The summed E-state index contributed by atoms with van der Waals surface area (Å²) in [5.41, 5.74) is 7.97. The number of hydrogen-bond donors (Lipinski definition) is 1. The predicted octanol–water partition coefficient (Wildman–Crippen LogP) is 0.566. The van der Waals surface area contributed by atoms with Crippen LogP contribution in [0.15, 0.2) is 33.6 Å². The number of oxazole rings is 1. The Morgan fingerprint density at radius 2 is 2.17 bits per heavy atom. The normalized spacial score (nSPS) is 10.9. The van der Waals surface area contributed by atoms with Crippen molar-refractivity contribution in [2.45, 2.75) is 0 Å². The van der Waals surface area contributed by atoms with Crippen molar-refractivity contribution < 1.29 is 4.42 Å². The van der Waals surface area contributed by atoms with E-state index in [1.807, 2.05) is 0 Å². The molecule has 7 nitrogen and oxygen atoms in total. The lowest BCUT2D eigenvalue weighted by Gasteiger charge is -2.00. The zero-order valence-electron chi connectivity index (χ0n) is 9.49. The molecule has 0 bridgehead atoms. The number of benzene rings is 1. The Hall–Kier alpha value is -2.70. The lowest BCUT2D eigenvalue weighted by atomic mass is 10.1. The van der Waals surface area contributed by atoms with E-state index in [2.05, 4.69) is 15.2 Å². The van der Waals surface area contributed by atoms with Gasteiger partial charge in [0.05, 0.1) is 11.7 Å². The van der Waals surface area contributed by atoms with Gasteiger partial charge >= 0.3 is 5.76 Å². The first kappa shape index (κ1) is 10.5. The van der Waals surface area contributed by atoms with Gasteiger partial charge in [-0.05, 0) is 18.2 Å². The van der Waals surface area contributed by atoms with Crippen LogP contribution in [0.3, 0.4) is 0 Å². The van der Waals surface area contributed by atoms with Gasteiger partial charge in [0.15, 0.2) is 5.58 Å². The minimum Gasteiger partial charge on any atom is -0.408 e. The molecule has 2 heterocycles. The highest BCUT2D eigenvalue weighted by molar-refractivity contribution is 5.79. The lowest BCUT2D eigenvalue weighted by Crippen LogP contribution is -2.08. The van der Waals surface area contributed by atoms with Crippen LogP contribution in [-0.2, 0) is 7.05 Å². The molecule has 0 aliphatic rings. The number of nitrogens with zero attached hydrogens (tertiary/aromatic N) is 4. The van der Waals surface area contributed by atoms with Gasteiger partial charge in [0, 0.05) is 12.6 Å². The van der Waals surface area contributed by atoms with Gasteiger partial charge in [-0.25, -0.2) is 9.78 Å². The SMILES string of the molecule is Cn1c(=O)oc2ccc(-c3cnc(N)nn3)cc21. The van der Waals surface area contributed by atoms with Crippen molar-refractivity contribution in [2.75, 3.05) is 5.73 Å². The fourth-order valence-corrected chi connectivity index (χ4v) is 1.70. The average molecular weight is 243 g/mol. The number of aryl methyl sites for hydroxylation is 1. The Morgan fingerprint density at radius 3 is 2.89 bits per heavy atom. The molecule has 0 atom stereocenters. The third-order valence-electron chi connectivity index (χ3n) is 2.67. The van der Waals surface area contributed by atoms with Crippen LogP contribution >= 0.6 is 0 Å². The summed E-state index contributed by atoms with van der Waals surface area (Å²) in [5, 5.41) is 7.62. The van der Waals surface area contributed by atoms with Crippen LogP contribution in [0.2, 0.25) is 0 Å². The van der Waals surface area contributed by atoms with Gasteiger partial charge in [-0.1, -0.05) is 0 Å². The topological polar surface area (TPSA) is 99.8 Å². The highest BCUT2D eigenvalue weighted by Gasteiger charge is 2.08. The minimum atomic E-state index is -0.399. The third-order valence-corrected chi connectivity index (χ3v) is 2.67. The summed E-state index contributed by atoms with van der Waals surface area (Å²) >= 11 is 0. The highest BCUT2D eigenvalue weighted by Crippen LogP contribution is 2.21. The molecule has 0 spiro atoms. The van der Waals surface area contributed by atoms with E-state index >= 15 is 0 Å². The Labute approximate surface area is 101 Å². The van der Waals surface area contributed by atoms with Crippen molar-refractivity contribution in [3.8, 4) is 11.3 Å². The first-order valence-corrected chi connectivity index (χ1v) is 5.20. The molecule has 2 N–H and O–H groups in total. The minimum absolute atomic E-state index is 0.121. The van der Waals surface area contributed by atoms with Crippen molar-refractivity contribution in [3.05, 3.63) is 34.9 Å². The van der Waals surface area contributed by atoms with E-state index in [0.29, 0.717) is 16.8 Å². The Morgan fingerprint density at radius 1 is 1.33 bits per heavy atom. The molecular weight excluding hydrogens is 234 g/mol. The van der Waals surface area contributed by atoms with Crippen molar-refractivity contribution in [3.63, 3.8) is 0 Å². The summed E-state index contributed by atoms with van der Waals surface area (Å²) in [6.07, 6.45) is 1.53. The summed E-state index contributed by atoms with van der Waals surface area (Å²) in [5.74, 6) is -0.279. The quantitative estimate of drug-likeness (QED) is 0.670. The van der Waals surface area contributed by atoms with Crippen molar-refractivity contribution >= 4 is 17.0 Å². The molecule has 0 aliphatic carbocycles. The van der Waals surface area contributed by atoms with E-state index in [-0.39, 0.29) is 5.95 Å². The molecule has 0 fully saturated rings. The Balaban J connectivity index is 2.21. The fourth-order valence-electron chi connectivity index (χ4n) is 1.70. The van der Waals surface area contributed by atoms with Gasteiger partial charge in [-0.15, -0.1) is 10.2 Å². The van der Waals surface area contributed by atoms with Crippen LogP contribution in [0.5, 0.6) is 0 Å².